The summed E-state index contributed by atoms with van der Waals surface area (Å²) in [5.74, 6) is 0. The zero-order chi connectivity index (χ0) is 10.9. The highest BCUT2D eigenvalue weighted by atomic mass is 35.5. The molecule has 0 spiro atoms. The molecule has 1 saturated heterocycles. The Labute approximate surface area is 94.6 Å². The molecule has 0 saturated carbocycles. The summed E-state index contributed by atoms with van der Waals surface area (Å²) in [6, 6.07) is 5.48. The molecule has 0 bridgehead atoms. The lowest BCUT2D eigenvalue weighted by Crippen LogP contribution is -2.33. The van der Waals surface area contributed by atoms with E-state index in [1.165, 1.54) is 0 Å². The molecule has 1 fully saturated rings. The molecule has 1 unspecified atom stereocenters. The smallest absolute Gasteiger partial charge is 0.115 e. The van der Waals surface area contributed by atoms with Crippen LogP contribution in [0.5, 0.6) is 0 Å². The highest BCUT2D eigenvalue weighted by molar-refractivity contribution is 6.31. The molecule has 1 aliphatic heterocycles. The van der Waals surface area contributed by atoms with Gasteiger partial charge in [0.25, 0.3) is 0 Å². The van der Waals surface area contributed by atoms with E-state index in [2.05, 4.69) is 12.2 Å². The van der Waals surface area contributed by atoms with Crippen LogP contribution < -0.4 is 5.32 Å². The van der Waals surface area contributed by atoms with Crippen molar-refractivity contribution >= 4 is 11.6 Å². The van der Waals surface area contributed by atoms with Crippen LogP contribution in [0.25, 0.3) is 0 Å². The minimum Gasteiger partial charge on any atom is -0.308 e. The van der Waals surface area contributed by atoms with Crippen molar-refractivity contribution in [1.29, 1.82) is 0 Å². The quantitative estimate of drug-likeness (QED) is 0.817. The third-order valence-corrected chi connectivity index (χ3v) is 3.46. The SMILES string of the molecule is CC1(c2ccc(CF)cc2Cl)CCCN1. The summed E-state index contributed by atoms with van der Waals surface area (Å²) in [4.78, 5) is 0. The molecule has 1 atom stereocenters. The Bertz CT molecular complexity index is 359. The van der Waals surface area contributed by atoms with Crippen LogP contribution in [0.3, 0.4) is 0 Å². The maximum atomic E-state index is 12.4. The molecule has 1 aliphatic rings. The van der Waals surface area contributed by atoms with Crippen molar-refractivity contribution in [2.45, 2.75) is 32.0 Å². The lowest BCUT2D eigenvalue weighted by molar-refractivity contribution is 0.434. The third-order valence-electron chi connectivity index (χ3n) is 3.15. The van der Waals surface area contributed by atoms with Gasteiger partial charge in [0.15, 0.2) is 0 Å². The number of halogens is 2. The van der Waals surface area contributed by atoms with Gasteiger partial charge in [0, 0.05) is 10.6 Å². The van der Waals surface area contributed by atoms with Crippen molar-refractivity contribution in [3.05, 3.63) is 34.3 Å². The first-order chi connectivity index (χ1) is 7.15. The van der Waals surface area contributed by atoms with Crippen LogP contribution in [0.2, 0.25) is 5.02 Å². The van der Waals surface area contributed by atoms with E-state index in [1.54, 1.807) is 6.07 Å². The van der Waals surface area contributed by atoms with Crippen molar-refractivity contribution in [2.24, 2.45) is 0 Å². The van der Waals surface area contributed by atoms with E-state index in [0.717, 1.165) is 24.9 Å². The summed E-state index contributed by atoms with van der Waals surface area (Å²) in [5.41, 5.74) is 1.69. The van der Waals surface area contributed by atoms with Gasteiger partial charge in [-0.15, -0.1) is 0 Å². The maximum Gasteiger partial charge on any atom is 0.115 e. The molecule has 1 nitrogen and oxygen atoms in total. The van der Waals surface area contributed by atoms with E-state index in [9.17, 15) is 4.39 Å². The Morgan fingerprint density at radius 2 is 2.33 bits per heavy atom. The highest BCUT2D eigenvalue weighted by Crippen LogP contribution is 2.35. The van der Waals surface area contributed by atoms with Crippen LogP contribution >= 0.6 is 11.6 Å². The molecule has 0 radical (unpaired) electrons. The molecular weight excluding hydrogens is 213 g/mol. The monoisotopic (exact) mass is 227 g/mol. The Balaban J connectivity index is 2.36. The number of nitrogens with one attached hydrogen (secondary N) is 1. The Morgan fingerprint density at radius 1 is 1.53 bits per heavy atom. The summed E-state index contributed by atoms with van der Waals surface area (Å²) in [7, 11) is 0. The van der Waals surface area contributed by atoms with Gasteiger partial charge in [0.1, 0.15) is 6.67 Å². The minimum atomic E-state index is -0.454. The van der Waals surface area contributed by atoms with Crippen molar-refractivity contribution in [3.63, 3.8) is 0 Å². The molecule has 1 heterocycles. The van der Waals surface area contributed by atoms with Gasteiger partial charge in [-0.25, -0.2) is 4.39 Å². The van der Waals surface area contributed by atoms with Gasteiger partial charge in [0.05, 0.1) is 0 Å². The standard InChI is InChI=1S/C12H15ClFN/c1-12(5-2-6-15-12)10-4-3-9(8-14)7-11(10)13/h3-4,7,15H,2,5-6,8H2,1H3. The molecule has 1 N–H and O–H groups in total. The van der Waals surface area contributed by atoms with Crippen LogP contribution in [-0.4, -0.2) is 6.54 Å². The zero-order valence-corrected chi connectivity index (χ0v) is 9.57. The van der Waals surface area contributed by atoms with Gasteiger partial charge in [-0.1, -0.05) is 23.7 Å². The molecule has 0 aliphatic carbocycles. The first-order valence-corrected chi connectivity index (χ1v) is 5.63. The van der Waals surface area contributed by atoms with E-state index >= 15 is 0 Å². The average Bonchev–Trinajstić information content (AvgIpc) is 2.65. The summed E-state index contributed by atoms with van der Waals surface area (Å²) in [6.07, 6.45) is 2.25. The van der Waals surface area contributed by atoms with Crippen molar-refractivity contribution in [1.82, 2.24) is 5.32 Å². The summed E-state index contributed by atoms with van der Waals surface area (Å²) < 4.78 is 12.4. The average molecular weight is 228 g/mol. The third kappa shape index (κ3) is 2.01. The van der Waals surface area contributed by atoms with Crippen LogP contribution in [0.15, 0.2) is 18.2 Å². The number of alkyl halides is 1. The second-order valence-corrected chi connectivity index (χ2v) is 4.72. The number of rotatable bonds is 2. The normalized spacial score (nSPS) is 25.8. The van der Waals surface area contributed by atoms with Crippen LogP contribution in [0, 0.1) is 0 Å². The first kappa shape index (κ1) is 10.9. The van der Waals surface area contributed by atoms with Gasteiger partial charge >= 0.3 is 0 Å². The highest BCUT2D eigenvalue weighted by Gasteiger charge is 2.31. The lowest BCUT2D eigenvalue weighted by Gasteiger charge is -2.26. The first-order valence-electron chi connectivity index (χ1n) is 5.25. The predicted molar refractivity (Wildman–Crippen MR) is 60.9 cm³/mol. The number of hydrogen-bond donors (Lipinski definition) is 1. The van der Waals surface area contributed by atoms with E-state index in [1.807, 2.05) is 12.1 Å². The fraction of sp³-hybridized carbons (Fsp3) is 0.500. The van der Waals surface area contributed by atoms with Gasteiger partial charge < -0.3 is 5.32 Å². The molecule has 0 aromatic heterocycles. The second-order valence-electron chi connectivity index (χ2n) is 4.31. The van der Waals surface area contributed by atoms with Gasteiger partial charge in [-0.3, -0.25) is 0 Å². The fourth-order valence-corrected chi connectivity index (χ4v) is 2.63. The van der Waals surface area contributed by atoms with Gasteiger partial charge in [-0.2, -0.15) is 0 Å². The van der Waals surface area contributed by atoms with Crippen LogP contribution in [0.4, 0.5) is 4.39 Å². The van der Waals surface area contributed by atoms with Crippen molar-refractivity contribution in [2.75, 3.05) is 6.54 Å². The summed E-state index contributed by atoms with van der Waals surface area (Å²) >= 11 is 6.17. The van der Waals surface area contributed by atoms with Crippen LogP contribution in [0.1, 0.15) is 30.9 Å². The van der Waals surface area contributed by atoms with Gasteiger partial charge in [-0.05, 0) is 43.5 Å². The molecule has 2 rings (SSSR count). The molecular formula is C12H15ClFN. The van der Waals surface area contributed by atoms with Crippen molar-refractivity contribution < 1.29 is 4.39 Å². The largest absolute Gasteiger partial charge is 0.308 e. The zero-order valence-electron chi connectivity index (χ0n) is 8.82. The maximum absolute atomic E-state index is 12.4. The van der Waals surface area contributed by atoms with E-state index in [4.69, 9.17) is 11.6 Å². The Kier molecular flexibility index (Phi) is 2.98. The Hall–Kier alpha value is -0.600. The van der Waals surface area contributed by atoms with E-state index in [0.29, 0.717) is 10.6 Å². The summed E-state index contributed by atoms with van der Waals surface area (Å²) in [6.45, 7) is 2.72. The van der Waals surface area contributed by atoms with Gasteiger partial charge in [0.2, 0.25) is 0 Å². The lowest BCUT2D eigenvalue weighted by atomic mass is 9.90. The topological polar surface area (TPSA) is 12.0 Å². The predicted octanol–water partition coefficient (Wildman–Crippen LogP) is 3.41. The molecule has 15 heavy (non-hydrogen) atoms. The molecule has 1 aromatic carbocycles. The molecule has 1 aromatic rings. The number of hydrogen-bond acceptors (Lipinski definition) is 1. The number of benzene rings is 1. The van der Waals surface area contributed by atoms with Crippen molar-refractivity contribution in [3.8, 4) is 0 Å². The molecule has 3 heteroatoms. The fourth-order valence-electron chi connectivity index (χ4n) is 2.21. The van der Waals surface area contributed by atoms with E-state index < -0.39 is 6.67 Å². The van der Waals surface area contributed by atoms with Crippen LogP contribution in [-0.2, 0) is 12.2 Å². The second kappa shape index (κ2) is 4.11. The Morgan fingerprint density at radius 3 is 2.87 bits per heavy atom. The van der Waals surface area contributed by atoms with E-state index in [-0.39, 0.29) is 5.54 Å². The summed E-state index contributed by atoms with van der Waals surface area (Å²) in [5, 5.41) is 4.12. The minimum absolute atomic E-state index is 0.0358. The molecule has 0 amide bonds. The molecule has 82 valence electrons.